The first-order valence-corrected chi connectivity index (χ1v) is 23.7. The Morgan fingerprint density at radius 2 is 0.909 bits per heavy atom. The number of hydrogen-bond donors (Lipinski definition) is 6. The molecule has 1 rings (SSSR count). The van der Waals surface area contributed by atoms with E-state index in [-0.39, 0.29) is 12.5 Å². The van der Waals surface area contributed by atoms with Gasteiger partial charge in [0, 0.05) is 6.42 Å². The van der Waals surface area contributed by atoms with Gasteiger partial charge in [0.1, 0.15) is 24.4 Å². The van der Waals surface area contributed by atoms with Crippen LogP contribution in [0.1, 0.15) is 232 Å². The Morgan fingerprint density at radius 1 is 0.545 bits per heavy atom. The van der Waals surface area contributed by atoms with Gasteiger partial charge in [-0.15, -0.1) is 0 Å². The molecule has 0 spiro atoms. The van der Waals surface area contributed by atoms with Gasteiger partial charge in [-0.05, 0) is 12.8 Å². The van der Waals surface area contributed by atoms with Crippen molar-refractivity contribution in [3.63, 3.8) is 0 Å². The summed E-state index contributed by atoms with van der Waals surface area (Å²) < 4.78 is 11.2. The summed E-state index contributed by atoms with van der Waals surface area (Å²) in [6, 6.07) is -0.710. The van der Waals surface area contributed by atoms with Crippen molar-refractivity contribution >= 4 is 5.91 Å². The van der Waals surface area contributed by atoms with Crippen LogP contribution in [0.25, 0.3) is 0 Å². The van der Waals surface area contributed by atoms with Crippen molar-refractivity contribution in [2.75, 3.05) is 13.2 Å². The Balaban J connectivity index is 2.21. The molecule has 6 N–H and O–H groups in total. The lowest BCUT2D eigenvalue weighted by Crippen LogP contribution is -2.60. The van der Waals surface area contributed by atoms with Crippen LogP contribution in [0, 0.1) is 0 Å². The molecule has 7 unspecified atom stereocenters. The largest absolute Gasteiger partial charge is 0.394 e. The van der Waals surface area contributed by atoms with E-state index in [0.717, 1.165) is 38.5 Å². The maximum Gasteiger partial charge on any atom is 0.220 e. The molecular weight excluding hydrogens is 695 g/mol. The predicted octanol–water partition coefficient (Wildman–Crippen LogP) is 9.95. The SMILES string of the molecule is CCCCCCCCCCCCCCCCCCCCCCCCCC(O)C(COC1OC(CO)C(O)C(O)C1O)NC(=O)CCCCCCCCCCC. The van der Waals surface area contributed by atoms with Crippen LogP contribution in [0.4, 0.5) is 0 Å². The molecule has 328 valence electrons. The Morgan fingerprint density at radius 3 is 1.29 bits per heavy atom. The third-order valence-corrected chi connectivity index (χ3v) is 11.7. The van der Waals surface area contributed by atoms with E-state index in [1.807, 2.05) is 0 Å². The normalized spacial score (nSPS) is 21.2. The van der Waals surface area contributed by atoms with Crippen molar-refractivity contribution < 1.29 is 39.8 Å². The molecule has 0 bridgehead atoms. The number of carbonyl (C=O) groups excluding carboxylic acids is 1. The van der Waals surface area contributed by atoms with E-state index in [0.29, 0.717) is 12.8 Å². The molecule has 1 saturated heterocycles. The number of unbranched alkanes of at least 4 members (excludes halogenated alkanes) is 30. The van der Waals surface area contributed by atoms with Gasteiger partial charge in [-0.25, -0.2) is 0 Å². The summed E-state index contributed by atoms with van der Waals surface area (Å²) in [5.41, 5.74) is 0. The molecular formula is C46H91NO8. The highest BCUT2D eigenvalue weighted by atomic mass is 16.7. The second kappa shape index (κ2) is 37.5. The van der Waals surface area contributed by atoms with Gasteiger partial charge in [0.2, 0.25) is 5.91 Å². The maximum absolute atomic E-state index is 12.9. The molecule has 55 heavy (non-hydrogen) atoms. The number of nitrogens with one attached hydrogen (secondary N) is 1. The highest BCUT2D eigenvalue weighted by Gasteiger charge is 2.44. The quantitative estimate of drug-likeness (QED) is 0.0337. The average Bonchev–Trinajstić information content (AvgIpc) is 3.18. The molecule has 1 fully saturated rings. The topological polar surface area (TPSA) is 149 Å². The zero-order valence-corrected chi connectivity index (χ0v) is 36.0. The molecule has 0 aromatic heterocycles. The second-order valence-corrected chi connectivity index (χ2v) is 16.9. The molecule has 9 nitrogen and oxygen atoms in total. The standard InChI is InChI=1S/C46H91NO8/c1-3-5-7-9-11-13-14-15-16-17-18-19-20-21-22-23-24-25-26-28-29-31-33-35-40(49)39(38-54-46-45(53)44(52)43(51)41(37-48)55-46)47-42(50)36-34-32-30-27-12-10-8-6-4-2/h39-41,43-46,48-49,51-53H,3-38H2,1-2H3,(H,47,50). The van der Waals surface area contributed by atoms with Crippen molar-refractivity contribution in [2.45, 2.75) is 275 Å². The number of ether oxygens (including phenoxy) is 2. The first-order chi connectivity index (χ1) is 26.8. The summed E-state index contributed by atoms with van der Waals surface area (Å²) in [7, 11) is 0. The van der Waals surface area contributed by atoms with E-state index >= 15 is 0 Å². The zero-order chi connectivity index (χ0) is 40.2. The fourth-order valence-corrected chi connectivity index (χ4v) is 7.87. The van der Waals surface area contributed by atoms with E-state index in [1.54, 1.807) is 0 Å². The van der Waals surface area contributed by atoms with Crippen molar-refractivity contribution in [1.82, 2.24) is 5.32 Å². The molecule has 0 aromatic rings. The minimum absolute atomic E-state index is 0.132. The van der Waals surface area contributed by atoms with E-state index in [4.69, 9.17) is 9.47 Å². The van der Waals surface area contributed by atoms with Crippen LogP contribution in [0.5, 0.6) is 0 Å². The third-order valence-electron chi connectivity index (χ3n) is 11.7. The van der Waals surface area contributed by atoms with Crippen LogP contribution in [-0.2, 0) is 14.3 Å². The molecule has 1 heterocycles. The first kappa shape index (κ1) is 52.2. The lowest BCUT2D eigenvalue weighted by Gasteiger charge is -2.40. The molecule has 0 aliphatic carbocycles. The van der Waals surface area contributed by atoms with Crippen molar-refractivity contribution in [2.24, 2.45) is 0 Å². The van der Waals surface area contributed by atoms with Gasteiger partial charge in [-0.1, -0.05) is 213 Å². The Labute approximate surface area is 338 Å². The van der Waals surface area contributed by atoms with E-state index in [1.165, 1.54) is 167 Å². The highest BCUT2D eigenvalue weighted by Crippen LogP contribution is 2.23. The first-order valence-electron chi connectivity index (χ1n) is 23.7. The molecule has 1 amide bonds. The summed E-state index contributed by atoms with van der Waals surface area (Å²) in [6.07, 6.45) is 34.2. The van der Waals surface area contributed by atoms with E-state index in [2.05, 4.69) is 19.2 Å². The van der Waals surface area contributed by atoms with Crippen LogP contribution in [0.15, 0.2) is 0 Å². The summed E-state index contributed by atoms with van der Waals surface area (Å²) in [6.45, 7) is 3.83. The number of aliphatic hydroxyl groups excluding tert-OH is 5. The van der Waals surface area contributed by atoms with Crippen LogP contribution in [-0.4, -0.2) is 87.5 Å². The lowest BCUT2D eigenvalue weighted by atomic mass is 9.99. The van der Waals surface area contributed by atoms with Gasteiger partial charge in [0.05, 0.1) is 25.4 Å². The van der Waals surface area contributed by atoms with Crippen molar-refractivity contribution in [3.05, 3.63) is 0 Å². The predicted molar refractivity (Wildman–Crippen MR) is 226 cm³/mol. The van der Waals surface area contributed by atoms with Gasteiger partial charge in [-0.3, -0.25) is 4.79 Å². The van der Waals surface area contributed by atoms with Gasteiger partial charge in [0.15, 0.2) is 6.29 Å². The van der Waals surface area contributed by atoms with E-state index in [9.17, 15) is 30.3 Å². The van der Waals surface area contributed by atoms with Crippen LogP contribution in [0.2, 0.25) is 0 Å². The number of hydrogen-bond acceptors (Lipinski definition) is 8. The average molecular weight is 786 g/mol. The molecule has 0 radical (unpaired) electrons. The Kier molecular flexibility index (Phi) is 35.6. The minimum Gasteiger partial charge on any atom is -0.394 e. The maximum atomic E-state index is 12.9. The minimum atomic E-state index is -1.55. The van der Waals surface area contributed by atoms with Gasteiger partial charge in [0.25, 0.3) is 0 Å². The summed E-state index contributed by atoms with van der Waals surface area (Å²) in [5, 5.41) is 54.3. The number of aliphatic hydroxyl groups is 5. The van der Waals surface area contributed by atoms with Crippen LogP contribution >= 0.6 is 0 Å². The second-order valence-electron chi connectivity index (χ2n) is 16.9. The zero-order valence-electron chi connectivity index (χ0n) is 36.0. The summed E-state index contributed by atoms with van der Waals surface area (Å²) in [5.74, 6) is -0.145. The van der Waals surface area contributed by atoms with Gasteiger partial charge < -0.3 is 40.3 Å². The number of rotatable bonds is 40. The Hall–Kier alpha value is -0.810. The van der Waals surface area contributed by atoms with Crippen molar-refractivity contribution in [1.29, 1.82) is 0 Å². The molecule has 9 heteroatoms. The summed E-state index contributed by atoms with van der Waals surface area (Å²) in [4.78, 5) is 12.9. The van der Waals surface area contributed by atoms with Crippen LogP contribution < -0.4 is 5.32 Å². The summed E-state index contributed by atoms with van der Waals surface area (Å²) >= 11 is 0. The molecule has 1 aliphatic rings. The number of amides is 1. The lowest BCUT2D eigenvalue weighted by molar-refractivity contribution is -0.302. The highest BCUT2D eigenvalue weighted by molar-refractivity contribution is 5.76. The van der Waals surface area contributed by atoms with E-state index < -0.39 is 49.5 Å². The monoisotopic (exact) mass is 786 g/mol. The van der Waals surface area contributed by atoms with Gasteiger partial charge in [-0.2, -0.15) is 0 Å². The van der Waals surface area contributed by atoms with Crippen molar-refractivity contribution in [3.8, 4) is 0 Å². The fraction of sp³-hybridized carbons (Fsp3) is 0.978. The van der Waals surface area contributed by atoms with Crippen LogP contribution in [0.3, 0.4) is 0 Å². The molecule has 1 aliphatic heterocycles. The smallest absolute Gasteiger partial charge is 0.220 e. The molecule has 0 saturated carbocycles. The fourth-order valence-electron chi connectivity index (χ4n) is 7.87. The van der Waals surface area contributed by atoms with Gasteiger partial charge >= 0.3 is 0 Å². The molecule has 7 atom stereocenters. The molecule has 0 aromatic carbocycles. The number of carbonyl (C=O) groups is 1. The third kappa shape index (κ3) is 28.3. The Bertz CT molecular complexity index is 832.